The van der Waals surface area contributed by atoms with Gasteiger partial charge in [-0.2, -0.15) is 4.98 Å². The van der Waals surface area contributed by atoms with Crippen molar-refractivity contribution < 1.29 is 14.1 Å². The first-order valence-electron chi connectivity index (χ1n) is 13.6. The molecule has 4 heterocycles. The van der Waals surface area contributed by atoms with Crippen LogP contribution in [0.2, 0.25) is 0 Å². The van der Waals surface area contributed by atoms with Crippen LogP contribution in [-0.2, 0) is 4.74 Å². The minimum Gasteiger partial charge on any atom is -0.444 e. The highest BCUT2D eigenvalue weighted by atomic mass is 32.1. The minimum atomic E-state index is -0.552. The second-order valence-electron chi connectivity index (χ2n) is 11.2. The summed E-state index contributed by atoms with van der Waals surface area (Å²) in [4.78, 5) is 24.8. The number of carbonyl (C=O) groups is 1. The van der Waals surface area contributed by atoms with E-state index in [4.69, 9.17) is 9.26 Å². The van der Waals surface area contributed by atoms with Crippen molar-refractivity contribution >= 4 is 17.4 Å². The van der Waals surface area contributed by atoms with Crippen molar-refractivity contribution in [2.24, 2.45) is 0 Å². The number of thiazole rings is 1. The van der Waals surface area contributed by atoms with Gasteiger partial charge in [0, 0.05) is 18.3 Å². The van der Waals surface area contributed by atoms with Gasteiger partial charge in [-0.15, -0.1) is 11.3 Å². The predicted molar refractivity (Wildman–Crippen MR) is 151 cm³/mol. The van der Waals surface area contributed by atoms with Crippen LogP contribution in [0.15, 0.2) is 59.3 Å². The molecule has 1 N–H and O–H groups in total. The molecule has 0 radical (unpaired) electrons. The maximum absolute atomic E-state index is 12.7. The van der Waals surface area contributed by atoms with Gasteiger partial charge in [0.1, 0.15) is 16.7 Å². The van der Waals surface area contributed by atoms with Gasteiger partial charge >= 0.3 is 6.09 Å². The quantitative estimate of drug-likeness (QED) is 0.289. The van der Waals surface area contributed by atoms with E-state index in [-0.39, 0.29) is 12.1 Å². The average Bonchev–Trinajstić information content (AvgIpc) is 3.74. The molecule has 202 valence electrons. The summed E-state index contributed by atoms with van der Waals surface area (Å²) in [5.41, 5.74) is 3.75. The van der Waals surface area contributed by atoms with E-state index in [2.05, 4.69) is 56.8 Å². The lowest BCUT2D eigenvalue weighted by molar-refractivity contribution is 0.0199. The Labute approximate surface area is 232 Å². The SMILES string of the molecule is CC(C)(C)OC(=O)N1CCC[C@H]1c1nc(-c2ccc(-c3ccc(-c4cnc(C5CCCN5)s4)cc3)cc2)no1. The number of hydrogen-bond donors (Lipinski definition) is 1. The van der Waals surface area contributed by atoms with Crippen LogP contribution >= 0.6 is 11.3 Å². The second-order valence-corrected chi connectivity index (χ2v) is 12.2. The molecule has 0 saturated carbocycles. The van der Waals surface area contributed by atoms with Crippen molar-refractivity contribution in [2.75, 3.05) is 13.1 Å². The summed E-state index contributed by atoms with van der Waals surface area (Å²) in [5, 5.41) is 8.91. The molecule has 2 aliphatic rings. The van der Waals surface area contributed by atoms with Crippen molar-refractivity contribution in [3.05, 3.63) is 65.6 Å². The number of rotatable bonds is 5. The third-order valence-electron chi connectivity index (χ3n) is 7.14. The molecular weight excluding hydrogens is 510 g/mol. The highest BCUT2D eigenvalue weighted by Crippen LogP contribution is 2.35. The van der Waals surface area contributed by atoms with E-state index < -0.39 is 5.60 Å². The summed E-state index contributed by atoms with van der Waals surface area (Å²) in [6.07, 6.45) is 5.67. The summed E-state index contributed by atoms with van der Waals surface area (Å²) >= 11 is 1.77. The van der Waals surface area contributed by atoms with Crippen LogP contribution < -0.4 is 5.32 Å². The summed E-state index contributed by atoms with van der Waals surface area (Å²) in [7, 11) is 0. The van der Waals surface area contributed by atoms with Gasteiger partial charge in [-0.05, 0) is 69.7 Å². The Kier molecular flexibility index (Phi) is 6.95. The number of amides is 1. The van der Waals surface area contributed by atoms with Crippen LogP contribution in [0.3, 0.4) is 0 Å². The smallest absolute Gasteiger partial charge is 0.410 e. The molecule has 0 aliphatic carbocycles. The van der Waals surface area contributed by atoms with E-state index in [1.54, 1.807) is 16.2 Å². The Bertz CT molecular complexity index is 1430. The third-order valence-corrected chi connectivity index (χ3v) is 8.30. The molecule has 8 nitrogen and oxygen atoms in total. The van der Waals surface area contributed by atoms with Crippen LogP contribution in [0.25, 0.3) is 33.0 Å². The molecule has 6 rings (SSSR count). The van der Waals surface area contributed by atoms with Gasteiger partial charge in [0.15, 0.2) is 0 Å². The van der Waals surface area contributed by atoms with E-state index in [9.17, 15) is 4.79 Å². The maximum atomic E-state index is 12.7. The van der Waals surface area contributed by atoms with Gasteiger partial charge in [0.25, 0.3) is 0 Å². The van der Waals surface area contributed by atoms with Crippen LogP contribution in [0.4, 0.5) is 4.79 Å². The lowest BCUT2D eigenvalue weighted by Crippen LogP contribution is -2.36. The van der Waals surface area contributed by atoms with Crippen LogP contribution in [0.1, 0.15) is 69.4 Å². The molecule has 2 saturated heterocycles. The summed E-state index contributed by atoms with van der Waals surface area (Å²) in [6.45, 7) is 7.29. The first-order valence-corrected chi connectivity index (χ1v) is 14.4. The van der Waals surface area contributed by atoms with Gasteiger partial charge < -0.3 is 14.6 Å². The number of aromatic nitrogens is 3. The molecule has 1 unspecified atom stereocenters. The number of hydrogen-bond acceptors (Lipinski definition) is 8. The fraction of sp³-hybridized carbons (Fsp3) is 0.400. The Balaban J connectivity index is 1.13. The van der Waals surface area contributed by atoms with E-state index in [1.165, 1.54) is 21.9 Å². The molecule has 2 atom stereocenters. The Hall–Kier alpha value is -3.56. The highest BCUT2D eigenvalue weighted by Gasteiger charge is 2.36. The monoisotopic (exact) mass is 543 g/mol. The number of likely N-dealkylation sites (tertiary alicyclic amines) is 1. The summed E-state index contributed by atoms with van der Waals surface area (Å²) in [6, 6.07) is 16.9. The van der Waals surface area contributed by atoms with E-state index >= 15 is 0 Å². The van der Waals surface area contributed by atoms with Gasteiger partial charge in [0.2, 0.25) is 11.7 Å². The number of nitrogens with one attached hydrogen (secondary N) is 1. The van der Waals surface area contributed by atoms with Crippen molar-refractivity contribution in [3.63, 3.8) is 0 Å². The van der Waals surface area contributed by atoms with Crippen molar-refractivity contribution in [1.29, 1.82) is 0 Å². The van der Waals surface area contributed by atoms with Crippen LogP contribution in [0.5, 0.6) is 0 Å². The second kappa shape index (κ2) is 10.5. The average molecular weight is 544 g/mol. The zero-order valence-corrected chi connectivity index (χ0v) is 23.3. The van der Waals surface area contributed by atoms with Gasteiger partial charge in [-0.3, -0.25) is 4.90 Å². The molecule has 0 bridgehead atoms. The lowest BCUT2D eigenvalue weighted by Gasteiger charge is -2.26. The number of carbonyl (C=O) groups excluding carboxylic acids is 1. The highest BCUT2D eigenvalue weighted by molar-refractivity contribution is 7.15. The summed E-state index contributed by atoms with van der Waals surface area (Å²) in [5.74, 6) is 0.962. The fourth-order valence-corrected chi connectivity index (χ4v) is 6.20. The molecule has 0 spiro atoms. The Morgan fingerprint density at radius 2 is 1.69 bits per heavy atom. The Morgan fingerprint density at radius 3 is 2.36 bits per heavy atom. The van der Waals surface area contributed by atoms with Crippen LogP contribution in [0, 0.1) is 0 Å². The van der Waals surface area contributed by atoms with Gasteiger partial charge in [-0.25, -0.2) is 9.78 Å². The summed E-state index contributed by atoms with van der Waals surface area (Å²) < 4.78 is 11.2. The predicted octanol–water partition coefficient (Wildman–Crippen LogP) is 7.02. The maximum Gasteiger partial charge on any atom is 0.410 e. The molecule has 39 heavy (non-hydrogen) atoms. The van der Waals surface area contributed by atoms with Crippen molar-refractivity contribution in [1.82, 2.24) is 25.3 Å². The first-order chi connectivity index (χ1) is 18.8. The first kappa shape index (κ1) is 25.7. The van der Waals surface area contributed by atoms with Gasteiger partial charge in [0.05, 0.1) is 10.9 Å². The molecular formula is C30H33N5O3S. The van der Waals surface area contributed by atoms with Crippen LogP contribution in [-0.4, -0.2) is 44.8 Å². The standard InChI is InChI=1S/C30H33N5O3S/c1-30(2,3)37-29(36)35-17-5-7-24(35)27-33-26(34-38-27)22-14-10-20(11-15-22)19-8-12-21(13-9-19)25-18-32-28(39-25)23-6-4-16-31-23/h8-15,18,23-24,31H,4-7,16-17H2,1-3H3/t23?,24-/m0/s1. The minimum absolute atomic E-state index is 0.261. The number of ether oxygens (including phenoxy) is 1. The van der Waals surface area contributed by atoms with Crippen molar-refractivity contribution in [3.8, 4) is 33.0 Å². The molecule has 4 aromatic rings. The number of benzene rings is 2. The molecule has 2 aromatic heterocycles. The topological polar surface area (TPSA) is 93.4 Å². The molecule has 2 aromatic carbocycles. The molecule has 2 aliphatic heterocycles. The molecule has 2 fully saturated rings. The van der Waals surface area contributed by atoms with Gasteiger partial charge in [-0.1, -0.05) is 53.7 Å². The number of nitrogens with zero attached hydrogens (tertiary/aromatic N) is 4. The zero-order chi connectivity index (χ0) is 27.0. The largest absolute Gasteiger partial charge is 0.444 e. The molecule has 1 amide bonds. The van der Waals surface area contributed by atoms with E-state index in [0.717, 1.165) is 42.5 Å². The van der Waals surface area contributed by atoms with Crippen molar-refractivity contribution in [2.45, 2.75) is 64.1 Å². The zero-order valence-electron chi connectivity index (χ0n) is 22.5. The fourth-order valence-electron chi connectivity index (χ4n) is 5.17. The normalized spacial score (nSPS) is 19.5. The Morgan fingerprint density at radius 1 is 1.00 bits per heavy atom. The lowest BCUT2D eigenvalue weighted by atomic mass is 10.0. The van der Waals surface area contributed by atoms with E-state index in [0.29, 0.717) is 24.3 Å². The third kappa shape index (κ3) is 5.60. The van der Waals surface area contributed by atoms with E-state index in [1.807, 2.05) is 39.1 Å². The molecule has 9 heteroatoms.